The van der Waals surface area contributed by atoms with Crippen molar-refractivity contribution in [3.8, 4) is 0 Å². The van der Waals surface area contributed by atoms with Crippen LogP contribution in [0.1, 0.15) is 0 Å². The number of benzene rings is 2. The first-order valence-corrected chi connectivity index (χ1v) is 7.75. The lowest BCUT2D eigenvalue weighted by atomic mass is 10.1. The molecular weight excluding hydrogens is 282 g/mol. The van der Waals surface area contributed by atoms with Crippen molar-refractivity contribution in [3.63, 3.8) is 0 Å². The lowest BCUT2D eigenvalue weighted by molar-refractivity contribution is -0.482. The fraction of sp³-hybridized carbons (Fsp3) is 0. The molecule has 3 aromatic carbocycles. The van der Waals surface area contributed by atoms with Gasteiger partial charge in [0.2, 0.25) is 0 Å². The SMILES string of the molecule is c1cc2cccc3c4nn5cc6cccc[n+]6c5cc4c(c1)c23. The lowest BCUT2D eigenvalue weighted by Gasteiger charge is -1.96. The van der Waals surface area contributed by atoms with Gasteiger partial charge in [0.25, 0.3) is 0 Å². The zero-order valence-electron chi connectivity index (χ0n) is 12.3. The van der Waals surface area contributed by atoms with E-state index in [4.69, 9.17) is 5.10 Å². The van der Waals surface area contributed by atoms with Crippen LogP contribution in [0.2, 0.25) is 0 Å². The Hall–Kier alpha value is -3.20. The Morgan fingerprint density at radius 1 is 0.826 bits per heavy atom. The summed E-state index contributed by atoms with van der Waals surface area (Å²) in [6, 6.07) is 21.4. The van der Waals surface area contributed by atoms with Gasteiger partial charge in [0.05, 0.1) is 6.20 Å². The predicted octanol–water partition coefficient (Wildman–Crippen LogP) is 3.97. The highest BCUT2D eigenvalue weighted by atomic mass is 15.3. The molecule has 6 rings (SSSR count). The molecule has 3 heterocycles. The predicted molar refractivity (Wildman–Crippen MR) is 92.1 cm³/mol. The molecule has 23 heavy (non-hydrogen) atoms. The standard InChI is InChI=1S/C20H12N3/c1-2-10-22-14(7-1)12-23-18(22)11-17-15-8-3-5-13-6-4-9-16(19(13)15)20(17)21-23/h1-12H/q+1. The molecule has 0 aliphatic carbocycles. The van der Waals surface area contributed by atoms with Crippen molar-refractivity contribution in [1.29, 1.82) is 0 Å². The number of pyridine rings is 1. The van der Waals surface area contributed by atoms with E-state index in [1.807, 2.05) is 4.52 Å². The summed E-state index contributed by atoms with van der Waals surface area (Å²) in [6.07, 6.45) is 4.17. The van der Waals surface area contributed by atoms with Gasteiger partial charge < -0.3 is 0 Å². The Morgan fingerprint density at radius 2 is 1.70 bits per heavy atom. The third-order valence-corrected chi connectivity index (χ3v) is 4.81. The molecule has 0 radical (unpaired) electrons. The summed E-state index contributed by atoms with van der Waals surface area (Å²) in [5, 5.41) is 11.3. The fourth-order valence-corrected chi connectivity index (χ4v) is 3.81. The van der Waals surface area contributed by atoms with Crippen LogP contribution in [-0.4, -0.2) is 9.61 Å². The topological polar surface area (TPSA) is 21.4 Å². The second-order valence-corrected chi connectivity index (χ2v) is 6.04. The Kier molecular flexibility index (Phi) is 1.86. The van der Waals surface area contributed by atoms with Crippen molar-refractivity contribution in [3.05, 3.63) is 73.1 Å². The molecule has 0 unspecified atom stereocenters. The van der Waals surface area contributed by atoms with Crippen LogP contribution in [0, 0.1) is 0 Å². The molecule has 0 aliphatic heterocycles. The Labute approximate surface area is 131 Å². The van der Waals surface area contributed by atoms with Crippen LogP contribution in [0.4, 0.5) is 0 Å². The zero-order valence-corrected chi connectivity index (χ0v) is 12.3. The van der Waals surface area contributed by atoms with Crippen LogP contribution >= 0.6 is 0 Å². The van der Waals surface area contributed by atoms with E-state index in [9.17, 15) is 0 Å². The van der Waals surface area contributed by atoms with Crippen LogP contribution < -0.4 is 4.40 Å². The van der Waals surface area contributed by atoms with Gasteiger partial charge in [-0.15, -0.1) is 0 Å². The largest absolute Gasteiger partial charge is 0.312 e. The van der Waals surface area contributed by atoms with Gasteiger partial charge in [0, 0.05) is 16.8 Å². The highest BCUT2D eigenvalue weighted by Gasteiger charge is 2.18. The molecule has 0 saturated heterocycles. The lowest BCUT2D eigenvalue weighted by Crippen LogP contribution is -2.18. The maximum atomic E-state index is 4.93. The minimum absolute atomic E-state index is 1.07. The number of imidazole rings is 1. The van der Waals surface area contributed by atoms with Crippen LogP contribution in [0.15, 0.2) is 73.1 Å². The van der Waals surface area contributed by atoms with E-state index in [1.165, 1.54) is 26.9 Å². The average Bonchev–Trinajstić information content (AvgIpc) is 3.11. The first kappa shape index (κ1) is 11.4. The third-order valence-electron chi connectivity index (χ3n) is 4.81. The maximum absolute atomic E-state index is 4.93. The molecule has 0 amide bonds. The molecule has 0 aliphatic rings. The van der Waals surface area contributed by atoms with E-state index in [2.05, 4.69) is 77.5 Å². The summed E-state index contributed by atoms with van der Waals surface area (Å²) in [6.45, 7) is 0. The number of nitrogens with zero attached hydrogens (tertiary/aromatic N) is 3. The highest BCUT2D eigenvalue weighted by molar-refractivity contribution is 6.29. The van der Waals surface area contributed by atoms with Gasteiger partial charge >= 0.3 is 5.65 Å². The fourth-order valence-electron chi connectivity index (χ4n) is 3.81. The molecule has 0 N–H and O–H groups in total. The smallest absolute Gasteiger partial charge is 0.194 e. The third kappa shape index (κ3) is 1.30. The van der Waals surface area contributed by atoms with E-state index >= 15 is 0 Å². The van der Waals surface area contributed by atoms with E-state index in [0.29, 0.717) is 0 Å². The number of aromatic nitrogens is 3. The average molecular weight is 294 g/mol. The van der Waals surface area contributed by atoms with Gasteiger partial charge in [0.1, 0.15) is 5.52 Å². The number of hydrogen-bond donors (Lipinski definition) is 0. The van der Waals surface area contributed by atoms with Crippen LogP contribution in [0.5, 0.6) is 0 Å². The second kappa shape index (κ2) is 3.76. The summed E-state index contributed by atoms with van der Waals surface area (Å²) in [4.78, 5) is 0. The van der Waals surface area contributed by atoms with Crippen molar-refractivity contribution < 1.29 is 4.40 Å². The molecule has 0 fully saturated rings. The van der Waals surface area contributed by atoms with Gasteiger partial charge in [-0.1, -0.05) is 52.1 Å². The Bertz CT molecular complexity index is 1360. The van der Waals surface area contributed by atoms with Gasteiger partial charge in [-0.3, -0.25) is 0 Å². The van der Waals surface area contributed by atoms with Crippen molar-refractivity contribution in [2.24, 2.45) is 0 Å². The van der Waals surface area contributed by atoms with E-state index < -0.39 is 0 Å². The molecule has 6 aromatic rings. The maximum Gasteiger partial charge on any atom is 0.312 e. The van der Waals surface area contributed by atoms with Crippen LogP contribution in [0.25, 0.3) is 43.6 Å². The van der Waals surface area contributed by atoms with Crippen molar-refractivity contribution in [1.82, 2.24) is 9.61 Å². The summed E-state index contributed by atoms with van der Waals surface area (Å²) < 4.78 is 4.16. The van der Waals surface area contributed by atoms with E-state index in [-0.39, 0.29) is 0 Å². The van der Waals surface area contributed by atoms with Gasteiger partial charge in [0.15, 0.2) is 11.7 Å². The summed E-state index contributed by atoms with van der Waals surface area (Å²) in [5.74, 6) is 0. The van der Waals surface area contributed by atoms with E-state index in [0.717, 1.165) is 16.7 Å². The van der Waals surface area contributed by atoms with Crippen molar-refractivity contribution in [2.75, 3.05) is 0 Å². The minimum Gasteiger partial charge on any atom is -0.194 e. The van der Waals surface area contributed by atoms with Crippen LogP contribution in [0.3, 0.4) is 0 Å². The molecule has 0 atom stereocenters. The van der Waals surface area contributed by atoms with Crippen LogP contribution in [-0.2, 0) is 0 Å². The second-order valence-electron chi connectivity index (χ2n) is 6.04. The summed E-state index contributed by atoms with van der Waals surface area (Å²) >= 11 is 0. The number of fused-ring (bicyclic) bond motifs is 6. The molecule has 3 heteroatoms. The number of rotatable bonds is 0. The monoisotopic (exact) mass is 294 g/mol. The normalized spacial score (nSPS) is 12.3. The first-order chi connectivity index (χ1) is 11.4. The quantitative estimate of drug-likeness (QED) is 0.388. The minimum atomic E-state index is 1.07. The molecule has 0 bridgehead atoms. The Balaban J connectivity index is 1.96. The molecule has 3 nitrogen and oxygen atoms in total. The molecule has 106 valence electrons. The van der Waals surface area contributed by atoms with Crippen molar-refractivity contribution >= 4 is 43.6 Å². The number of hydrogen-bond acceptors (Lipinski definition) is 1. The van der Waals surface area contributed by atoms with Gasteiger partial charge in [-0.25, -0.2) is 0 Å². The van der Waals surface area contributed by atoms with Crippen molar-refractivity contribution in [2.45, 2.75) is 0 Å². The van der Waals surface area contributed by atoms with Gasteiger partial charge in [-0.2, -0.15) is 4.40 Å². The Morgan fingerprint density at radius 3 is 2.61 bits per heavy atom. The highest BCUT2D eigenvalue weighted by Crippen LogP contribution is 2.37. The van der Waals surface area contributed by atoms with Gasteiger partial charge in [-0.05, 0) is 28.3 Å². The van der Waals surface area contributed by atoms with E-state index in [1.54, 1.807) is 0 Å². The zero-order chi connectivity index (χ0) is 15.0. The first-order valence-electron chi connectivity index (χ1n) is 7.75. The molecular formula is C20H12N3+. The molecule has 3 aromatic heterocycles. The molecule has 0 spiro atoms. The summed E-state index contributed by atoms with van der Waals surface area (Å²) in [5.41, 5.74) is 3.31. The molecule has 0 saturated carbocycles. The summed E-state index contributed by atoms with van der Waals surface area (Å²) in [7, 11) is 0.